The molecule has 1 N–H and O–H groups in total. The van der Waals surface area contributed by atoms with Crippen molar-refractivity contribution in [1.29, 1.82) is 0 Å². The fraction of sp³-hybridized carbons (Fsp3) is 0.355. The minimum atomic E-state index is -4.23. The summed E-state index contributed by atoms with van der Waals surface area (Å²) in [5, 5.41) is 3.71. The number of carbonyl (C=O) groups is 2. The van der Waals surface area contributed by atoms with Gasteiger partial charge in [-0.3, -0.25) is 13.9 Å². The van der Waals surface area contributed by atoms with E-state index in [0.29, 0.717) is 15.6 Å². The molecule has 1 saturated carbocycles. The molecular formula is C31H35Cl2N3O5S. The van der Waals surface area contributed by atoms with E-state index in [1.54, 1.807) is 61.5 Å². The van der Waals surface area contributed by atoms with Gasteiger partial charge >= 0.3 is 0 Å². The maximum atomic E-state index is 14.2. The van der Waals surface area contributed by atoms with Gasteiger partial charge in [-0.15, -0.1) is 0 Å². The molecule has 0 aliphatic heterocycles. The number of para-hydroxylation sites is 2. The molecule has 0 bridgehead atoms. The Morgan fingerprint density at radius 2 is 1.60 bits per heavy atom. The third kappa shape index (κ3) is 7.19. The van der Waals surface area contributed by atoms with Gasteiger partial charge in [0.1, 0.15) is 18.3 Å². The lowest BCUT2D eigenvalue weighted by Crippen LogP contribution is -2.52. The van der Waals surface area contributed by atoms with Crippen molar-refractivity contribution in [3.05, 3.63) is 87.9 Å². The van der Waals surface area contributed by atoms with Crippen molar-refractivity contribution in [2.45, 2.75) is 63.1 Å². The fourth-order valence-electron chi connectivity index (χ4n) is 5.01. The van der Waals surface area contributed by atoms with Gasteiger partial charge in [0.2, 0.25) is 11.8 Å². The Morgan fingerprint density at radius 1 is 0.976 bits per heavy atom. The molecule has 8 nitrogen and oxygen atoms in total. The molecule has 1 aliphatic carbocycles. The molecule has 4 rings (SSSR count). The quantitative estimate of drug-likeness (QED) is 0.281. The molecule has 0 radical (unpaired) electrons. The Hall–Kier alpha value is -3.27. The summed E-state index contributed by atoms with van der Waals surface area (Å²) in [7, 11) is -2.80. The van der Waals surface area contributed by atoms with Crippen molar-refractivity contribution in [2.75, 3.05) is 18.0 Å². The molecule has 1 atom stereocenters. The highest BCUT2D eigenvalue weighted by atomic mass is 35.5. The Balaban J connectivity index is 1.74. The van der Waals surface area contributed by atoms with Gasteiger partial charge in [0.05, 0.1) is 17.7 Å². The number of carbonyl (C=O) groups excluding carboxylic acids is 2. The molecule has 1 fully saturated rings. The first-order valence-corrected chi connectivity index (χ1v) is 16.0. The van der Waals surface area contributed by atoms with Crippen LogP contribution in [0.1, 0.15) is 43.7 Å². The zero-order valence-electron chi connectivity index (χ0n) is 23.8. The molecule has 1 aliphatic rings. The first-order valence-electron chi connectivity index (χ1n) is 13.8. The molecule has 2 amide bonds. The van der Waals surface area contributed by atoms with Crippen molar-refractivity contribution < 1.29 is 22.7 Å². The van der Waals surface area contributed by atoms with Crippen molar-refractivity contribution >= 4 is 50.7 Å². The average molecular weight is 633 g/mol. The molecule has 0 unspecified atom stereocenters. The predicted octanol–water partition coefficient (Wildman–Crippen LogP) is 5.98. The monoisotopic (exact) mass is 631 g/mol. The van der Waals surface area contributed by atoms with E-state index in [2.05, 4.69) is 5.32 Å². The van der Waals surface area contributed by atoms with Crippen LogP contribution in [0.4, 0.5) is 5.69 Å². The number of sulfonamides is 1. The van der Waals surface area contributed by atoms with Gasteiger partial charge in [0, 0.05) is 28.2 Å². The molecule has 3 aromatic rings. The average Bonchev–Trinajstić information content (AvgIpc) is 3.48. The number of amides is 2. The van der Waals surface area contributed by atoms with E-state index in [-0.39, 0.29) is 34.8 Å². The summed E-state index contributed by atoms with van der Waals surface area (Å²) in [4.78, 5) is 28.9. The fourth-order valence-corrected chi connectivity index (χ4v) is 6.96. The van der Waals surface area contributed by atoms with Crippen LogP contribution in [0.25, 0.3) is 0 Å². The van der Waals surface area contributed by atoms with Crippen molar-refractivity contribution in [3.8, 4) is 5.75 Å². The van der Waals surface area contributed by atoms with Crippen LogP contribution in [-0.4, -0.2) is 50.9 Å². The van der Waals surface area contributed by atoms with E-state index in [9.17, 15) is 18.0 Å². The summed E-state index contributed by atoms with van der Waals surface area (Å²) in [5.41, 5.74) is 1.53. The summed E-state index contributed by atoms with van der Waals surface area (Å²) in [6.45, 7) is 2.78. The van der Waals surface area contributed by atoms with Crippen LogP contribution in [0, 0.1) is 6.92 Å². The number of aryl methyl sites for hydroxylation is 1. The summed E-state index contributed by atoms with van der Waals surface area (Å²) in [6.07, 6.45) is 3.81. The SMILES string of the molecule is COc1ccccc1N(CC(=O)N(Cc1c(Cl)cccc1Cl)[C@H](C)C(=O)NC1CCCC1)S(=O)(=O)c1ccc(C)cc1. The normalized spacial score (nSPS) is 14.3. The topological polar surface area (TPSA) is 96.0 Å². The first kappa shape index (κ1) is 31.7. The molecule has 0 saturated heterocycles. The lowest BCUT2D eigenvalue weighted by atomic mass is 10.1. The smallest absolute Gasteiger partial charge is 0.264 e. The highest BCUT2D eigenvalue weighted by Gasteiger charge is 2.35. The van der Waals surface area contributed by atoms with Gasteiger partial charge in [-0.2, -0.15) is 0 Å². The lowest BCUT2D eigenvalue weighted by molar-refractivity contribution is -0.139. The number of nitrogens with one attached hydrogen (secondary N) is 1. The zero-order valence-corrected chi connectivity index (χ0v) is 26.2. The molecule has 3 aromatic carbocycles. The number of halogens is 2. The minimum Gasteiger partial charge on any atom is -0.495 e. The molecule has 0 aromatic heterocycles. The second-order valence-electron chi connectivity index (χ2n) is 10.4. The predicted molar refractivity (Wildman–Crippen MR) is 166 cm³/mol. The zero-order chi connectivity index (χ0) is 30.4. The first-order chi connectivity index (χ1) is 20.0. The van der Waals surface area contributed by atoms with Gasteiger partial charge in [-0.1, -0.05) is 71.9 Å². The van der Waals surface area contributed by atoms with Crippen LogP contribution >= 0.6 is 23.2 Å². The van der Waals surface area contributed by atoms with Gasteiger partial charge < -0.3 is 15.0 Å². The standard InChI is InChI=1S/C31H35Cl2N3O5S/c1-21-15-17-24(18-16-21)42(39,40)36(28-13-6-7-14-29(28)41-3)20-30(37)35(19-25-26(32)11-8-12-27(25)33)22(2)31(38)34-23-9-4-5-10-23/h6-8,11-18,22-23H,4-5,9-10,19-20H2,1-3H3,(H,34,38)/t22-/m1/s1. The van der Waals surface area contributed by atoms with Crippen LogP contribution in [0.5, 0.6) is 5.75 Å². The maximum Gasteiger partial charge on any atom is 0.264 e. The second-order valence-corrected chi connectivity index (χ2v) is 13.1. The van der Waals surface area contributed by atoms with Crippen LogP contribution in [0.15, 0.2) is 71.6 Å². The molecule has 11 heteroatoms. The number of methoxy groups -OCH3 is 1. The minimum absolute atomic E-state index is 0.0135. The summed E-state index contributed by atoms with van der Waals surface area (Å²) in [5.74, 6) is -0.668. The summed E-state index contributed by atoms with van der Waals surface area (Å²) >= 11 is 12.9. The largest absolute Gasteiger partial charge is 0.495 e. The number of ether oxygens (including phenoxy) is 1. The van der Waals surface area contributed by atoms with E-state index in [1.165, 1.54) is 24.1 Å². The molecular weight excluding hydrogens is 597 g/mol. The number of hydrogen-bond donors (Lipinski definition) is 1. The Bertz CT molecular complexity index is 1510. The van der Waals surface area contributed by atoms with Crippen molar-refractivity contribution in [1.82, 2.24) is 10.2 Å². The highest BCUT2D eigenvalue weighted by Crippen LogP contribution is 2.33. The number of benzene rings is 3. The highest BCUT2D eigenvalue weighted by molar-refractivity contribution is 7.92. The Kier molecular flexibility index (Phi) is 10.4. The number of anilines is 1. The van der Waals surface area contributed by atoms with E-state index < -0.39 is 28.5 Å². The third-order valence-electron chi connectivity index (χ3n) is 7.50. The van der Waals surface area contributed by atoms with Gasteiger partial charge in [-0.05, 0) is 63.1 Å². The molecule has 0 heterocycles. The van der Waals surface area contributed by atoms with Crippen LogP contribution < -0.4 is 14.4 Å². The van der Waals surface area contributed by atoms with Gasteiger partial charge in [0.15, 0.2) is 0 Å². The van der Waals surface area contributed by atoms with Gasteiger partial charge in [-0.25, -0.2) is 8.42 Å². The van der Waals surface area contributed by atoms with Crippen LogP contribution in [0.2, 0.25) is 10.0 Å². The van der Waals surface area contributed by atoms with Gasteiger partial charge in [0.25, 0.3) is 10.0 Å². The van der Waals surface area contributed by atoms with Crippen LogP contribution in [-0.2, 0) is 26.2 Å². The van der Waals surface area contributed by atoms with Crippen LogP contribution in [0.3, 0.4) is 0 Å². The van der Waals surface area contributed by atoms with E-state index in [0.717, 1.165) is 35.6 Å². The number of nitrogens with zero attached hydrogens (tertiary/aromatic N) is 2. The second kappa shape index (κ2) is 13.8. The molecule has 224 valence electrons. The number of rotatable bonds is 11. The summed E-state index contributed by atoms with van der Waals surface area (Å²) in [6, 6.07) is 17.0. The van der Waals surface area contributed by atoms with E-state index >= 15 is 0 Å². The maximum absolute atomic E-state index is 14.2. The number of hydrogen-bond acceptors (Lipinski definition) is 5. The van der Waals surface area contributed by atoms with E-state index in [4.69, 9.17) is 27.9 Å². The lowest BCUT2D eigenvalue weighted by Gasteiger charge is -2.33. The molecule has 42 heavy (non-hydrogen) atoms. The summed E-state index contributed by atoms with van der Waals surface area (Å²) < 4.78 is 34.6. The molecule has 0 spiro atoms. The Morgan fingerprint density at radius 3 is 2.21 bits per heavy atom. The van der Waals surface area contributed by atoms with E-state index in [1.807, 2.05) is 6.92 Å². The van der Waals surface area contributed by atoms with Crippen molar-refractivity contribution in [2.24, 2.45) is 0 Å². The Labute approximate surface area is 257 Å². The van der Waals surface area contributed by atoms with Crippen molar-refractivity contribution in [3.63, 3.8) is 0 Å². The third-order valence-corrected chi connectivity index (χ3v) is 9.98.